The molecule has 5 nitrogen and oxygen atoms in total. The zero-order valence-electron chi connectivity index (χ0n) is 14.7. The second kappa shape index (κ2) is 7.60. The van der Waals surface area contributed by atoms with Crippen molar-refractivity contribution in [2.45, 2.75) is 18.5 Å². The summed E-state index contributed by atoms with van der Waals surface area (Å²) in [6.45, 7) is 0.256. The zero-order valence-corrected chi connectivity index (χ0v) is 14.7. The molecule has 1 aromatic heterocycles. The summed E-state index contributed by atoms with van der Waals surface area (Å²) in [7, 11) is 0. The molecule has 27 heavy (non-hydrogen) atoms. The maximum atomic E-state index is 12.9. The Balaban J connectivity index is 1.69. The first-order valence-corrected chi connectivity index (χ1v) is 8.96. The summed E-state index contributed by atoms with van der Waals surface area (Å²) in [5.41, 5.74) is 2.06. The summed E-state index contributed by atoms with van der Waals surface area (Å²) < 4.78 is 5.23. The SMILES string of the molecule is O=C1C[C@@H](c2ccccc2)N[C@@H](c2ccccc2)CN1C(=O)c1ccco1. The molecule has 3 aromatic rings. The van der Waals surface area contributed by atoms with Crippen LogP contribution in [0, 0.1) is 0 Å². The minimum atomic E-state index is -0.401. The Morgan fingerprint density at radius 1 is 0.889 bits per heavy atom. The van der Waals surface area contributed by atoms with Crippen molar-refractivity contribution < 1.29 is 14.0 Å². The Labute approximate surface area is 157 Å². The van der Waals surface area contributed by atoms with Gasteiger partial charge in [0.05, 0.1) is 12.3 Å². The van der Waals surface area contributed by atoms with E-state index in [0.29, 0.717) is 0 Å². The molecule has 1 saturated heterocycles. The van der Waals surface area contributed by atoms with Crippen LogP contribution in [0.2, 0.25) is 0 Å². The molecule has 0 bridgehead atoms. The summed E-state index contributed by atoms with van der Waals surface area (Å²) in [6, 6.07) is 22.6. The molecular weight excluding hydrogens is 340 g/mol. The van der Waals surface area contributed by atoms with Gasteiger partial charge in [0, 0.05) is 19.0 Å². The summed E-state index contributed by atoms with van der Waals surface area (Å²) in [4.78, 5) is 27.1. The molecule has 2 atom stereocenters. The van der Waals surface area contributed by atoms with E-state index in [1.165, 1.54) is 11.2 Å². The van der Waals surface area contributed by atoms with Crippen LogP contribution in [0.5, 0.6) is 0 Å². The molecule has 0 aliphatic carbocycles. The molecular formula is C22H20N2O3. The first-order chi connectivity index (χ1) is 13.2. The fraction of sp³-hybridized carbons (Fsp3) is 0.182. The van der Waals surface area contributed by atoms with Crippen molar-refractivity contribution in [2.75, 3.05) is 6.54 Å². The number of nitrogens with zero attached hydrogens (tertiary/aromatic N) is 1. The first-order valence-electron chi connectivity index (χ1n) is 8.96. The van der Waals surface area contributed by atoms with Crippen molar-refractivity contribution in [3.05, 3.63) is 95.9 Å². The van der Waals surface area contributed by atoms with Crippen LogP contribution >= 0.6 is 0 Å². The minimum Gasteiger partial charge on any atom is -0.459 e. The molecule has 2 heterocycles. The Hall–Kier alpha value is -3.18. The van der Waals surface area contributed by atoms with Gasteiger partial charge in [-0.2, -0.15) is 0 Å². The van der Waals surface area contributed by atoms with Crippen molar-refractivity contribution in [2.24, 2.45) is 0 Å². The van der Waals surface area contributed by atoms with Crippen LogP contribution in [-0.4, -0.2) is 23.3 Å². The van der Waals surface area contributed by atoms with Crippen molar-refractivity contribution in [3.8, 4) is 0 Å². The summed E-state index contributed by atoms with van der Waals surface area (Å²) in [5, 5.41) is 3.56. The number of imide groups is 1. The Morgan fingerprint density at radius 2 is 1.52 bits per heavy atom. The highest BCUT2D eigenvalue weighted by Crippen LogP contribution is 2.28. The summed E-state index contributed by atoms with van der Waals surface area (Å²) >= 11 is 0. The van der Waals surface area contributed by atoms with Gasteiger partial charge in [0.15, 0.2) is 5.76 Å². The van der Waals surface area contributed by atoms with Crippen LogP contribution in [0.25, 0.3) is 0 Å². The number of hydrogen-bond acceptors (Lipinski definition) is 4. The van der Waals surface area contributed by atoms with Crippen LogP contribution in [0.4, 0.5) is 0 Å². The van der Waals surface area contributed by atoms with E-state index in [1.54, 1.807) is 12.1 Å². The summed E-state index contributed by atoms with van der Waals surface area (Å²) in [5.74, 6) is -0.439. The second-order valence-electron chi connectivity index (χ2n) is 6.58. The van der Waals surface area contributed by atoms with E-state index in [4.69, 9.17) is 4.42 Å². The van der Waals surface area contributed by atoms with E-state index in [9.17, 15) is 9.59 Å². The van der Waals surface area contributed by atoms with Gasteiger partial charge >= 0.3 is 0 Å². The van der Waals surface area contributed by atoms with Gasteiger partial charge in [-0.15, -0.1) is 0 Å². The highest BCUT2D eigenvalue weighted by molar-refractivity contribution is 6.03. The molecule has 1 aliphatic rings. The van der Waals surface area contributed by atoms with E-state index < -0.39 is 5.91 Å². The highest BCUT2D eigenvalue weighted by Gasteiger charge is 2.34. The van der Waals surface area contributed by atoms with Gasteiger partial charge in [-0.25, -0.2) is 0 Å². The molecule has 2 aromatic carbocycles. The zero-order chi connectivity index (χ0) is 18.6. The lowest BCUT2D eigenvalue weighted by molar-refractivity contribution is -0.128. The number of rotatable bonds is 3. The average Bonchev–Trinajstić information content (AvgIpc) is 3.19. The van der Waals surface area contributed by atoms with Gasteiger partial charge in [-0.1, -0.05) is 60.7 Å². The molecule has 2 amide bonds. The molecule has 0 spiro atoms. The van der Waals surface area contributed by atoms with Crippen molar-refractivity contribution in [1.29, 1.82) is 0 Å². The third-order valence-corrected chi connectivity index (χ3v) is 4.83. The molecule has 0 radical (unpaired) electrons. The Morgan fingerprint density at radius 3 is 2.11 bits per heavy atom. The van der Waals surface area contributed by atoms with E-state index in [-0.39, 0.29) is 36.7 Å². The topological polar surface area (TPSA) is 62.6 Å². The summed E-state index contributed by atoms with van der Waals surface area (Å²) in [6.07, 6.45) is 1.65. The minimum absolute atomic E-state index is 0.165. The van der Waals surface area contributed by atoms with Crippen LogP contribution in [0.1, 0.15) is 40.2 Å². The van der Waals surface area contributed by atoms with Crippen molar-refractivity contribution >= 4 is 11.8 Å². The van der Waals surface area contributed by atoms with Gasteiger partial charge in [0.1, 0.15) is 0 Å². The molecule has 136 valence electrons. The third kappa shape index (κ3) is 3.68. The molecule has 1 aliphatic heterocycles. The van der Waals surface area contributed by atoms with Crippen molar-refractivity contribution in [1.82, 2.24) is 10.2 Å². The van der Waals surface area contributed by atoms with E-state index in [1.807, 2.05) is 60.7 Å². The number of hydrogen-bond donors (Lipinski definition) is 1. The lowest BCUT2D eigenvalue weighted by atomic mass is 10.0. The molecule has 0 saturated carbocycles. The van der Waals surface area contributed by atoms with Gasteiger partial charge in [-0.3, -0.25) is 14.5 Å². The van der Waals surface area contributed by atoms with Crippen LogP contribution in [0.3, 0.4) is 0 Å². The maximum absolute atomic E-state index is 12.9. The predicted molar refractivity (Wildman–Crippen MR) is 101 cm³/mol. The van der Waals surface area contributed by atoms with Crippen LogP contribution in [0.15, 0.2) is 83.5 Å². The fourth-order valence-corrected chi connectivity index (χ4v) is 3.44. The largest absolute Gasteiger partial charge is 0.459 e. The molecule has 5 heteroatoms. The molecule has 0 unspecified atom stereocenters. The van der Waals surface area contributed by atoms with Crippen LogP contribution < -0.4 is 5.32 Å². The second-order valence-corrected chi connectivity index (χ2v) is 6.58. The maximum Gasteiger partial charge on any atom is 0.296 e. The first kappa shape index (κ1) is 17.2. The molecule has 1 N–H and O–H groups in total. The quantitative estimate of drug-likeness (QED) is 0.723. The third-order valence-electron chi connectivity index (χ3n) is 4.83. The van der Waals surface area contributed by atoms with Crippen LogP contribution in [-0.2, 0) is 4.79 Å². The number of nitrogens with one attached hydrogen (secondary N) is 1. The van der Waals surface area contributed by atoms with Crippen molar-refractivity contribution in [3.63, 3.8) is 0 Å². The molecule has 4 rings (SSSR count). The van der Waals surface area contributed by atoms with Gasteiger partial charge in [0.2, 0.25) is 5.91 Å². The molecule has 1 fully saturated rings. The smallest absolute Gasteiger partial charge is 0.296 e. The van der Waals surface area contributed by atoms with E-state index >= 15 is 0 Å². The number of carbonyl (C=O) groups is 2. The fourth-order valence-electron chi connectivity index (χ4n) is 3.44. The monoisotopic (exact) mass is 360 g/mol. The van der Waals surface area contributed by atoms with Gasteiger partial charge in [-0.05, 0) is 23.3 Å². The number of furan rings is 1. The van der Waals surface area contributed by atoms with E-state index in [2.05, 4.69) is 5.32 Å². The lowest BCUT2D eigenvalue weighted by Crippen LogP contribution is -2.39. The van der Waals surface area contributed by atoms with Gasteiger partial charge < -0.3 is 9.73 Å². The highest BCUT2D eigenvalue weighted by atomic mass is 16.3. The average molecular weight is 360 g/mol. The number of benzene rings is 2. The normalized spacial score (nSPS) is 20.3. The van der Waals surface area contributed by atoms with E-state index in [0.717, 1.165) is 11.1 Å². The number of carbonyl (C=O) groups excluding carboxylic acids is 2. The number of amides is 2. The van der Waals surface area contributed by atoms with Gasteiger partial charge in [0.25, 0.3) is 5.91 Å². The predicted octanol–water partition coefficient (Wildman–Crippen LogP) is 3.72. The standard InChI is InChI=1S/C22H20N2O3/c25-21-14-18(16-8-3-1-4-9-16)23-19(17-10-5-2-6-11-17)15-24(21)22(26)20-12-7-13-27-20/h1-13,18-19,23H,14-15H2/t18-,19+/m0/s1. The lowest BCUT2D eigenvalue weighted by Gasteiger charge is -2.24. The Kier molecular flexibility index (Phi) is 4.85. The Bertz CT molecular complexity index is 907.